The highest BCUT2D eigenvalue weighted by molar-refractivity contribution is 4.47. The van der Waals surface area contributed by atoms with Gasteiger partial charge in [0.2, 0.25) is 0 Å². The second-order valence-electron chi connectivity index (χ2n) is 4.09. The number of ether oxygens (including phenoxy) is 5. The Kier molecular flexibility index (Phi) is 15.6. The van der Waals surface area contributed by atoms with E-state index in [-0.39, 0.29) is 6.04 Å². The molecule has 0 unspecified atom stereocenters. The highest BCUT2D eigenvalue weighted by Crippen LogP contribution is 1.84. The first kappa shape index (κ1) is 18.8. The van der Waals surface area contributed by atoms with Crippen molar-refractivity contribution in [3.8, 4) is 0 Å². The molecule has 0 aliphatic carbocycles. The Hall–Kier alpha value is -0.240. The van der Waals surface area contributed by atoms with Gasteiger partial charge >= 0.3 is 0 Å². The molecule has 0 heterocycles. The summed E-state index contributed by atoms with van der Waals surface area (Å²) in [5, 5.41) is 0. The van der Waals surface area contributed by atoms with Crippen LogP contribution in [-0.2, 0) is 23.7 Å². The van der Waals surface area contributed by atoms with Crippen LogP contribution in [0.25, 0.3) is 0 Å². The van der Waals surface area contributed by atoms with Crippen LogP contribution in [0.3, 0.4) is 0 Å². The van der Waals surface area contributed by atoms with Gasteiger partial charge in [0.25, 0.3) is 0 Å². The summed E-state index contributed by atoms with van der Waals surface area (Å²) < 4.78 is 26.4. The van der Waals surface area contributed by atoms with Crippen molar-refractivity contribution in [2.45, 2.75) is 19.9 Å². The summed E-state index contributed by atoms with van der Waals surface area (Å²) in [6.07, 6.45) is 0. The van der Waals surface area contributed by atoms with Gasteiger partial charge in [-0.3, -0.25) is 0 Å². The van der Waals surface area contributed by atoms with Crippen LogP contribution < -0.4 is 5.73 Å². The van der Waals surface area contributed by atoms with Gasteiger partial charge in [-0.1, -0.05) is 0 Å². The molecule has 2 N–H and O–H groups in total. The molecule has 0 rings (SSSR count). The summed E-state index contributed by atoms with van der Waals surface area (Å²) in [6, 6.07) is 0.0751. The zero-order chi connectivity index (χ0) is 14.2. The smallest absolute Gasteiger partial charge is 0.0701 e. The molecule has 0 aliphatic heterocycles. The van der Waals surface area contributed by atoms with Crippen molar-refractivity contribution in [3.05, 3.63) is 0 Å². The largest absolute Gasteiger partial charge is 0.379 e. The maximum absolute atomic E-state index is 5.53. The van der Waals surface area contributed by atoms with E-state index in [4.69, 9.17) is 29.4 Å². The summed E-state index contributed by atoms with van der Waals surface area (Å²) in [7, 11) is 0. The predicted molar refractivity (Wildman–Crippen MR) is 73.4 cm³/mol. The Morgan fingerprint density at radius 3 is 1.42 bits per heavy atom. The van der Waals surface area contributed by atoms with E-state index in [9.17, 15) is 0 Å². The maximum Gasteiger partial charge on any atom is 0.0701 e. The van der Waals surface area contributed by atoms with Crippen LogP contribution in [0.4, 0.5) is 0 Å². The Morgan fingerprint density at radius 2 is 1.05 bits per heavy atom. The topological polar surface area (TPSA) is 72.2 Å². The minimum atomic E-state index is 0.0751. The molecular formula is C13H29NO5. The van der Waals surface area contributed by atoms with Crippen molar-refractivity contribution in [2.75, 3.05) is 66.1 Å². The van der Waals surface area contributed by atoms with Gasteiger partial charge in [-0.2, -0.15) is 0 Å². The molecule has 0 aliphatic rings. The fraction of sp³-hybridized carbons (Fsp3) is 1.00. The third-order valence-electron chi connectivity index (χ3n) is 2.07. The molecule has 6 nitrogen and oxygen atoms in total. The first-order valence-corrected chi connectivity index (χ1v) is 6.91. The van der Waals surface area contributed by atoms with Crippen molar-refractivity contribution in [1.29, 1.82) is 0 Å². The average Bonchev–Trinajstić information content (AvgIpc) is 2.39. The van der Waals surface area contributed by atoms with Gasteiger partial charge in [0.1, 0.15) is 0 Å². The second-order valence-corrected chi connectivity index (χ2v) is 4.09. The van der Waals surface area contributed by atoms with Crippen LogP contribution in [0.5, 0.6) is 0 Å². The van der Waals surface area contributed by atoms with Crippen molar-refractivity contribution in [2.24, 2.45) is 5.73 Å². The monoisotopic (exact) mass is 279 g/mol. The van der Waals surface area contributed by atoms with E-state index < -0.39 is 0 Å². The molecular weight excluding hydrogens is 250 g/mol. The molecule has 0 fully saturated rings. The van der Waals surface area contributed by atoms with Gasteiger partial charge in [0.15, 0.2) is 0 Å². The van der Waals surface area contributed by atoms with Gasteiger partial charge in [0, 0.05) is 12.6 Å². The number of rotatable bonds is 15. The standard InChI is InChI=1S/C13H29NO5/c1-3-15-4-5-16-6-7-17-8-9-18-10-11-19-12-13(2)14/h13H,3-12,14H2,1-2H3/t13-/m1/s1. The Morgan fingerprint density at radius 1 is 0.684 bits per heavy atom. The lowest BCUT2D eigenvalue weighted by Crippen LogP contribution is -2.23. The van der Waals surface area contributed by atoms with Gasteiger partial charge in [0.05, 0.1) is 59.5 Å². The van der Waals surface area contributed by atoms with Gasteiger partial charge in [-0.25, -0.2) is 0 Å². The summed E-state index contributed by atoms with van der Waals surface area (Å²) in [4.78, 5) is 0. The van der Waals surface area contributed by atoms with E-state index in [0.717, 1.165) is 6.61 Å². The molecule has 0 saturated carbocycles. The van der Waals surface area contributed by atoms with Crippen molar-refractivity contribution in [3.63, 3.8) is 0 Å². The van der Waals surface area contributed by atoms with Gasteiger partial charge in [-0.15, -0.1) is 0 Å². The molecule has 0 spiro atoms. The van der Waals surface area contributed by atoms with E-state index in [1.54, 1.807) is 0 Å². The van der Waals surface area contributed by atoms with Crippen LogP contribution in [0.2, 0.25) is 0 Å². The second kappa shape index (κ2) is 15.8. The van der Waals surface area contributed by atoms with Crippen molar-refractivity contribution < 1.29 is 23.7 Å². The highest BCUT2D eigenvalue weighted by Gasteiger charge is 1.94. The third-order valence-corrected chi connectivity index (χ3v) is 2.07. The molecule has 19 heavy (non-hydrogen) atoms. The minimum absolute atomic E-state index is 0.0751. The lowest BCUT2D eigenvalue weighted by Gasteiger charge is -2.08. The minimum Gasteiger partial charge on any atom is -0.379 e. The summed E-state index contributed by atoms with van der Waals surface area (Å²) in [5.74, 6) is 0. The number of hydrogen-bond acceptors (Lipinski definition) is 6. The molecule has 0 aromatic carbocycles. The van der Waals surface area contributed by atoms with Crippen LogP contribution >= 0.6 is 0 Å². The molecule has 0 aromatic heterocycles. The fourth-order valence-corrected chi connectivity index (χ4v) is 1.19. The first-order valence-electron chi connectivity index (χ1n) is 6.91. The van der Waals surface area contributed by atoms with Crippen molar-refractivity contribution >= 4 is 0 Å². The van der Waals surface area contributed by atoms with E-state index in [1.165, 1.54) is 0 Å². The first-order chi connectivity index (χ1) is 9.27. The summed E-state index contributed by atoms with van der Waals surface area (Å²) in [6.45, 7) is 9.87. The Labute approximate surface area is 116 Å². The SMILES string of the molecule is CCOCCOCCOCCOCCOC[C@@H](C)N. The predicted octanol–water partition coefficient (Wildman–Crippen LogP) is 0.437. The van der Waals surface area contributed by atoms with E-state index in [2.05, 4.69) is 0 Å². The lowest BCUT2D eigenvalue weighted by atomic mass is 10.4. The van der Waals surface area contributed by atoms with Crippen LogP contribution in [0.15, 0.2) is 0 Å². The van der Waals surface area contributed by atoms with E-state index in [0.29, 0.717) is 59.5 Å². The van der Waals surface area contributed by atoms with Gasteiger partial charge < -0.3 is 29.4 Å². The number of hydrogen-bond donors (Lipinski definition) is 1. The van der Waals surface area contributed by atoms with Crippen LogP contribution in [-0.4, -0.2) is 72.1 Å². The summed E-state index contributed by atoms with van der Waals surface area (Å²) in [5.41, 5.74) is 5.53. The molecule has 1 atom stereocenters. The molecule has 116 valence electrons. The molecule has 0 bridgehead atoms. The zero-order valence-corrected chi connectivity index (χ0v) is 12.3. The Bertz CT molecular complexity index is 169. The van der Waals surface area contributed by atoms with Crippen LogP contribution in [0.1, 0.15) is 13.8 Å². The Balaban J connectivity index is 2.91. The normalized spacial score (nSPS) is 12.8. The van der Waals surface area contributed by atoms with E-state index in [1.807, 2.05) is 13.8 Å². The molecule has 0 aromatic rings. The lowest BCUT2D eigenvalue weighted by molar-refractivity contribution is -0.0108. The zero-order valence-electron chi connectivity index (χ0n) is 12.3. The number of nitrogens with two attached hydrogens (primary N) is 1. The highest BCUT2D eigenvalue weighted by atomic mass is 16.6. The third kappa shape index (κ3) is 17.8. The van der Waals surface area contributed by atoms with E-state index >= 15 is 0 Å². The molecule has 0 saturated heterocycles. The molecule has 0 amide bonds. The maximum atomic E-state index is 5.53. The van der Waals surface area contributed by atoms with Gasteiger partial charge in [-0.05, 0) is 13.8 Å². The fourth-order valence-electron chi connectivity index (χ4n) is 1.19. The summed E-state index contributed by atoms with van der Waals surface area (Å²) >= 11 is 0. The van der Waals surface area contributed by atoms with Crippen molar-refractivity contribution in [1.82, 2.24) is 0 Å². The molecule has 0 radical (unpaired) electrons. The van der Waals surface area contributed by atoms with Crippen LogP contribution in [0, 0.1) is 0 Å². The quantitative estimate of drug-likeness (QED) is 0.438. The molecule has 6 heteroatoms. The average molecular weight is 279 g/mol.